The predicted octanol–water partition coefficient (Wildman–Crippen LogP) is 4.57. The van der Waals surface area contributed by atoms with E-state index in [9.17, 15) is 13.6 Å². The van der Waals surface area contributed by atoms with E-state index in [4.69, 9.17) is 0 Å². The summed E-state index contributed by atoms with van der Waals surface area (Å²) in [5.41, 5.74) is 1.78. The van der Waals surface area contributed by atoms with Gasteiger partial charge in [0, 0.05) is 12.1 Å². The molecule has 0 radical (unpaired) electrons. The molecule has 1 heterocycles. The average Bonchev–Trinajstić information content (AvgIpc) is 3.13. The summed E-state index contributed by atoms with van der Waals surface area (Å²) in [6.07, 6.45) is 2.57. The molecule has 2 aromatic rings. The first kappa shape index (κ1) is 20.2. The van der Waals surface area contributed by atoms with Crippen LogP contribution in [0.1, 0.15) is 37.4 Å². The van der Waals surface area contributed by atoms with Gasteiger partial charge in [0.15, 0.2) is 0 Å². The molecule has 2 atom stereocenters. The van der Waals surface area contributed by atoms with Crippen molar-refractivity contribution >= 4 is 11.5 Å². The molecule has 2 aromatic carbocycles. The van der Waals surface area contributed by atoms with Crippen LogP contribution in [0.4, 0.5) is 8.78 Å². The van der Waals surface area contributed by atoms with Gasteiger partial charge in [-0.1, -0.05) is 50.3 Å². The minimum absolute atomic E-state index is 0.0342. The van der Waals surface area contributed by atoms with Crippen LogP contribution in [-0.4, -0.2) is 30.4 Å². The molecule has 1 N–H and O–H groups in total. The molecule has 148 valence electrons. The lowest BCUT2D eigenvalue weighted by Crippen LogP contribution is -2.46. The molecule has 0 bridgehead atoms. The monoisotopic (exact) mass is 384 g/mol. The Morgan fingerprint density at radius 1 is 1.18 bits per heavy atom. The van der Waals surface area contributed by atoms with E-state index >= 15 is 0 Å². The van der Waals surface area contributed by atoms with Gasteiger partial charge >= 0.3 is 0 Å². The largest absolute Gasteiger partial charge is 0.326 e. The SMILES string of the molecule is CN[C@@H](CC(C)C)C(=O)N1CC(c2cc(F)ccc2F)=CC1c1ccccc1. The predicted molar refractivity (Wildman–Crippen MR) is 108 cm³/mol. The maximum atomic E-state index is 14.4. The van der Waals surface area contributed by atoms with Gasteiger partial charge in [-0.3, -0.25) is 4.79 Å². The van der Waals surface area contributed by atoms with Crippen molar-refractivity contribution in [1.82, 2.24) is 10.2 Å². The normalized spacial score (nSPS) is 17.7. The van der Waals surface area contributed by atoms with Crippen molar-refractivity contribution in [2.24, 2.45) is 5.92 Å². The Morgan fingerprint density at radius 3 is 2.54 bits per heavy atom. The molecule has 0 saturated heterocycles. The first-order chi connectivity index (χ1) is 13.4. The van der Waals surface area contributed by atoms with Crippen molar-refractivity contribution in [2.75, 3.05) is 13.6 Å². The summed E-state index contributed by atoms with van der Waals surface area (Å²) in [6.45, 7) is 4.39. The summed E-state index contributed by atoms with van der Waals surface area (Å²) in [7, 11) is 1.78. The zero-order valence-electron chi connectivity index (χ0n) is 16.5. The Balaban J connectivity index is 1.98. The number of halogens is 2. The second kappa shape index (κ2) is 8.65. The molecular weight excluding hydrogens is 358 g/mol. The molecular formula is C23H26F2N2O. The van der Waals surface area contributed by atoms with Crippen LogP contribution >= 0.6 is 0 Å². The van der Waals surface area contributed by atoms with Crippen LogP contribution in [0.25, 0.3) is 5.57 Å². The van der Waals surface area contributed by atoms with E-state index in [1.165, 1.54) is 6.07 Å². The van der Waals surface area contributed by atoms with Crippen LogP contribution in [-0.2, 0) is 4.79 Å². The van der Waals surface area contributed by atoms with Gasteiger partial charge in [-0.15, -0.1) is 0 Å². The van der Waals surface area contributed by atoms with Gasteiger partial charge in [-0.2, -0.15) is 0 Å². The van der Waals surface area contributed by atoms with Gasteiger partial charge in [0.2, 0.25) is 5.91 Å². The summed E-state index contributed by atoms with van der Waals surface area (Å²) in [5, 5.41) is 3.11. The van der Waals surface area contributed by atoms with E-state index in [-0.39, 0.29) is 30.1 Å². The minimum Gasteiger partial charge on any atom is -0.326 e. The minimum atomic E-state index is -0.494. The van der Waals surface area contributed by atoms with Crippen molar-refractivity contribution in [2.45, 2.75) is 32.4 Å². The Morgan fingerprint density at radius 2 is 1.89 bits per heavy atom. The number of hydrogen-bond donors (Lipinski definition) is 1. The maximum absolute atomic E-state index is 14.4. The molecule has 28 heavy (non-hydrogen) atoms. The Hall–Kier alpha value is -2.53. The molecule has 0 fully saturated rings. The number of benzene rings is 2. The summed E-state index contributed by atoms with van der Waals surface area (Å²) >= 11 is 0. The molecule has 5 heteroatoms. The van der Waals surface area contributed by atoms with Crippen molar-refractivity contribution in [3.63, 3.8) is 0 Å². The van der Waals surface area contributed by atoms with Gasteiger partial charge in [0.25, 0.3) is 0 Å². The molecule has 1 amide bonds. The number of amides is 1. The number of rotatable bonds is 6. The molecule has 0 aliphatic carbocycles. The van der Waals surface area contributed by atoms with E-state index in [1.54, 1.807) is 11.9 Å². The Bertz CT molecular complexity index is 864. The lowest BCUT2D eigenvalue weighted by Gasteiger charge is -2.30. The van der Waals surface area contributed by atoms with Crippen LogP contribution in [0.3, 0.4) is 0 Å². The van der Waals surface area contributed by atoms with Crippen molar-refractivity contribution in [1.29, 1.82) is 0 Å². The van der Waals surface area contributed by atoms with Crippen molar-refractivity contribution in [3.05, 3.63) is 77.4 Å². The fraction of sp³-hybridized carbons (Fsp3) is 0.348. The number of likely N-dealkylation sites (N-methyl/N-ethyl adjacent to an activating group) is 1. The number of nitrogens with zero attached hydrogens (tertiary/aromatic N) is 1. The van der Waals surface area contributed by atoms with Gasteiger partial charge in [-0.05, 0) is 48.7 Å². The number of nitrogens with one attached hydrogen (secondary N) is 1. The first-order valence-electron chi connectivity index (χ1n) is 9.59. The zero-order valence-corrected chi connectivity index (χ0v) is 16.5. The van der Waals surface area contributed by atoms with Crippen LogP contribution in [0.2, 0.25) is 0 Å². The van der Waals surface area contributed by atoms with E-state index in [2.05, 4.69) is 19.2 Å². The van der Waals surface area contributed by atoms with Gasteiger partial charge in [0.1, 0.15) is 11.6 Å². The van der Waals surface area contributed by atoms with E-state index in [0.717, 1.165) is 17.7 Å². The van der Waals surface area contributed by atoms with Crippen molar-refractivity contribution in [3.8, 4) is 0 Å². The second-order valence-electron chi connectivity index (χ2n) is 7.61. The topological polar surface area (TPSA) is 32.3 Å². The van der Waals surface area contributed by atoms with Gasteiger partial charge < -0.3 is 10.2 Å². The molecule has 1 aliphatic rings. The molecule has 3 rings (SSSR count). The molecule has 1 aliphatic heterocycles. The summed E-state index contributed by atoms with van der Waals surface area (Å²) in [6, 6.07) is 12.4. The number of hydrogen-bond acceptors (Lipinski definition) is 2. The van der Waals surface area contributed by atoms with E-state index in [1.807, 2.05) is 36.4 Å². The van der Waals surface area contributed by atoms with Crippen LogP contribution in [0.5, 0.6) is 0 Å². The number of carbonyl (C=O) groups is 1. The van der Waals surface area contributed by atoms with Gasteiger partial charge in [-0.25, -0.2) is 8.78 Å². The van der Waals surface area contributed by atoms with Crippen LogP contribution in [0, 0.1) is 17.6 Å². The Kier molecular flexibility index (Phi) is 6.25. The zero-order chi connectivity index (χ0) is 20.3. The molecule has 3 nitrogen and oxygen atoms in total. The smallest absolute Gasteiger partial charge is 0.240 e. The van der Waals surface area contributed by atoms with Crippen LogP contribution in [0.15, 0.2) is 54.6 Å². The number of carbonyl (C=O) groups excluding carboxylic acids is 1. The lowest BCUT2D eigenvalue weighted by molar-refractivity contribution is -0.134. The van der Waals surface area contributed by atoms with Gasteiger partial charge in [0.05, 0.1) is 12.1 Å². The standard InChI is InChI=1S/C23H26F2N2O/c1-15(2)11-21(26-3)23(28)27-14-17(19-13-18(24)9-10-20(19)25)12-22(27)16-7-5-4-6-8-16/h4-10,12-13,15,21-22,26H,11,14H2,1-3H3/t21-,22?/m0/s1. The Labute approximate surface area is 165 Å². The molecule has 1 unspecified atom stereocenters. The maximum Gasteiger partial charge on any atom is 0.240 e. The highest BCUT2D eigenvalue weighted by molar-refractivity contribution is 5.87. The highest BCUT2D eigenvalue weighted by Crippen LogP contribution is 2.36. The molecule has 0 saturated carbocycles. The third kappa shape index (κ3) is 4.30. The summed E-state index contributed by atoms with van der Waals surface area (Å²) in [5.74, 6) is -0.659. The van der Waals surface area contributed by atoms with E-state index < -0.39 is 11.6 Å². The third-order valence-electron chi connectivity index (χ3n) is 5.09. The second-order valence-corrected chi connectivity index (χ2v) is 7.61. The lowest BCUT2D eigenvalue weighted by atomic mass is 10.0. The summed E-state index contributed by atoms with van der Waals surface area (Å²) < 4.78 is 28.1. The average molecular weight is 384 g/mol. The first-order valence-corrected chi connectivity index (χ1v) is 9.59. The fourth-order valence-electron chi connectivity index (χ4n) is 3.69. The highest BCUT2D eigenvalue weighted by Gasteiger charge is 2.34. The quantitative estimate of drug-likeness (QED) is 0.792. The van der Waals surface area contributed by atoms with E-state index in [0.29, 0.717) is 17.9 Å². The molecule has 0 aromatic heterocycles. The van der Waals surface area contributed by atoms with Crippen molar-refractivity contribution < 1.29 is 13.6 Å². The fourth-order valence-corrected chi connectivity index (χ4v) is 3.69. The highest BCUT2D eigenvalue weighted by atomic mass is 19.1. The van der Waals surface area contributed by atoms with Crippen LogP contribution < -0.4 is 5.32 Å². The summed E-state index contributed by atoms with van der Waals surface area (Å²) in [4.78, 5) is 15.0. The molecule has 0 spiro atoms. The third-order valence-corrected chi connectivity index (χ3v) is 5.09.